The molecule has 0 spiro atoms. The number of nitrogens with one attached hydrogen (secondary N) is 2. The third-order valence-corrected chi connectivity index (χ3v) is 3.60. The Hall–Kier alpha value is -1.10. The first-order valence-corrected chi connectivity index (χ1v) is 7.29. The van der Waals surface area contributed by atoms with Crippen LogP contribution in [0.5, 0.6) is 0 Å². The molecule has 5 heteroatoms. The molecule has 0 radical (unpaired) electrons. The Kier molecular flexibility index (Phi) is 6.84. The van der Waals surface area contributed by atoms with Crippen LogP contribution in [0.4, 0.5) is 0 Å². The fourth-order valence-corrected chi connectivity index (χ4v) is 2.60. The van der Waals surface area contributed by atoms with Crippen LogP contribution in [-0.2, 0) is 14.3 Å². The van der Waals surface area contributed by atoms with Gasteiger partial charge in [0.05, 0.1) is 12.0 Å². The van der Waals surface area contributed by atoms with Gasteiger partial charge in [-0.2, -0.15) is 0 Å². The van der Waals surface area contributed by atoms with Gasteiger partial charge in [0.15, 0.2) is 0 Å². The van der Waals surface area contributed by atoms with E-state index in [1.165, 1.54) is 0 Å². The molecule has 5 nitrogen and oxygen atoms in total. The van der Waals surface area contributed by atoms with Crippen molar-refractivity contribution in [3.63, 3.8) is 0 Å². The average Bonchev–Trinajstić information content (AvgIpc) is 2.85. The van der Waals surface area contributed by atoms with Gasteiger partial charge in [-0.3, -0.25) is 9.59 Å². The van der Waals surface area contributed by atoms with Crippen LogP contribution in [0.1, 0.15) is 46.0 Å². The summed E-state index contributed by atoms with van der Waals surface area (Å²) in [6.07, 6.45) is 3.85. The summed E-state index contributed by atoms with van der Waals surface area (Å²) in [6.45, 7) is 6.54. The Balaban J connectivity index is 2.27. The van der Waals surface area contributed by atoms with E-state index in [9.17, 15) is 9.59 Å². The predicted molar refractivity (Wildman–Crippen MR) is 73.7 cm³/mol. The second kappa shape index (κ2) is 8.15. The van der Waals surface area contributed by atoms with Crippen molar-refractivity contribution >= 4 is 11.9 Å². The summed E-state index contributed by atoms with van der Waals surface area (Å²) in [5.74, 6) is -0.0641. The maximum absolute atomic E-state index is 12.3. The van der Waals surface area contributed by atoms with Gasteiger partial charge in [0, 0.05) is 19.5 Å². The van der Waals surface area contributed by atoms with Crippen molar-refractivity contribution in [2.45, 2.75) is 46.0 Å². The second-order valence-corrected chi connectivity index (χ2v) is 5.12. The van der Waals surface area contributed by atoms with Crippen LogP contribution >= 0.6 is 0 Å². The van der Waals surface area contributed by atoms with Crippen LogP contribution < -0.4 is 10.6 Å². The number of rotatable bonds is 8. The van der Waals surface area contributed by atoms with Crippen molar-refractivity contribution in [3.05, 3.63) is 0 Å². The smallest absolute Gasteiger partial charge is 0.305 e. The molecule has 0 bridgehead atoms. The van der Waals surface area contributed by atoms with Gasteiger partial charge in [-0.1, -0.05) is 13.3 Å². The molecule has 110 valence electrons. The molecule has 1 saturated heterocycles. The summed E-state index contributed by atoms with van der Waals surface area (Å²) < 4.78 is 4.85. The van der Waals surface area contributed by atoms with Gasteiger partial charge in [-0.15, -0.1) is 0 Å². The van der Waals surface area contributed by atoms with E-state index >= 15 is 0 Å². The number of esters is 1. The summed E-state index contributed by atoms with van der Waals surface area (Å²) >= 11 is 0. The van der Waals surface area contributed by atoms with E-state index < -0.39 is 0 Å². The van der Waals surface area contributed by atoms with Gasteiger partial charge >= 0.3 is 5.97 Å². The molecule has 1 atom stereocenters. The van der Waals surface area contributed by atoms with Crippen molar-refractivity contribution in [3.8, 4) is 0 Å². The predicted octanol–water partition coefficient (Wildman–Crippen LogP) is 1.23. The zero-order chi connectivity index (χ0) is 14.1. The number of carbonyl (C=O) groups is 2. The lowest BCUT2D eigenvalue weighted by molar-refractivity contribution is -0.143. The fourth-order valence-electron chi connectivity index (χ4n) is 2.60. The molecule has 1 aliphatic heterocycles. The third-order valence-electron chi connectivity index (χ3n) is 3.60. The molecule has 2 N–H and O–H groups in total. The molecule has 0 aromatic rings. The molecule has 1 fully saturated rings. The average molecular weight is 270 g/mol. The Bertz CT molecular complexity index is 299. The molecule has 0 aliphatic carbocycles. The van der Waals surface area contributed by atoms with Crippen molar-refractivity contribution < 1.29 is 14.3 Å². The van der Waals surface area contributed by atoms with Gasteiger partial charge in [-0.25, -0.2) is 0 Å². The van der Waals surface area contributed by atoms with E-state index in [2.05, 4.69) is 17.6 Å². The summed E-state index contributed by atoms with van der Waals surface area (Å²) in [7, 11) is 0. The van der Waals surface area contributed by atoms with Crippen LogP contribution in [-0.4, -0.2) is 38.1 Å². The van der Waals surface area contributed by atoms with E-state index in [1.54, 1.807) is 6.92 Å². The lowest BCUT2D eigenvalue weighted by atomic mass is 9.81. The van der Waals surface area contributed by atoms with Gasteiger partial charge in [0.25, 0.3) is 0 Å². The minimum Gasteiger partial charge on any atom is -0.466 e. The molecule has 1 aliphatic rings. The number of carbonyl (C=O) groups excluding carboxylic acids is 2. The van der Waals surface area contributed by atoms with Gasteiger partial charge < -0.3 is 15.4 Å². The molecule has 19 heavy (non-hydrogen) atoms. The summed E-state index contributed by atoms with van der Waals surface area (Å²) in [4.78, 5) is 23.4. The fraction of sp³-hybridized carbons (Fsp3) is 0.857. The topological polar surface area (TPSA) is 67.4 Å². The van der Waals surface area contributed by atoms with Crippen LogP contribution in [0, 0.1) is 5.41 Å². The molecular formula is C14H26N2O3. The third kappa shape index (κ3) is 4.82. The second-order valence-electron chi connectivity index (χ2n) is 5.12. The first kappa shape index (κ1) is 16.0. The van der Waals surface area contributed by atoms with E-state index in [0.29, 0.717) is 26.0 Å². The van der Waals surface area contributed by atoms with E-state index in [-0.39, 0.29) is 17.3 Å². The van der Waals surface area contributed by atoms with E-state index in [1.807, 2.05) is 0 Å². The summed E-state index contributed by atoms with van der Waals surface area (Å²) in [5.41, 5.74) is -0.237. The molecule has 0 aromatic carbocycles. The number of hydrogen-bond acceptors (Lipinski definition) is 4. The van der Waals surface area contributed by atoms with Crippen molar-refractivity contribution in [1.82, 2.24) is 10.6 Å². The molecular weight excluding hydrogens is 244 g/mol. The number of amides is 1. The Labute approximate surface area is 115 Å². The number of hydrogen-bond donors (Lipinski definition) is 2. The first-order chi connectivity index (χ1) is 9.14. The lowest BCUT2D eigenvalue weighted by Crippen LogP contribution is -2.42. The highest BCUT2D eigenvalue weighted by Crippen LogP contribution is 2.31. The quantitative estimate of drug-likeness (QED) is 0.514. The monoisotopic (exact) mass is 270 g/mol. The van der Waals surface area contributed by atoms with Gasteiger partial charge in [0.2, 0.25) is 5.91 Å². The van der Waals surface area contributed by atoms with Crippen molar-refractivity contribution in [2.75, 3.05) is 26.2 Å². The molecule has 0 saturated carbocycles. The highest BCUT2D eigenvalue weighted by Gasteiger charge is 2.39. The molecule has 0 aromatic heterocycles. The van der Waals surface area contributed by atoms with E-state index in [0.717, 1.165) is 32.4 Å². The Morgan fingerprint density at radius 3 is 2.74 bits per heavy atom. The van der Waals surface area contributed by atoms with Crippen LogP contribution in [0.3, 0.4) is 0 Å². The van der Waals surface area contributed by atoms with Gasteiger partial charge in [0.1, 0.15) is 0 Å². The highest BCUT2D eigenvalue weighted by atomic mass is 16.5. The molecule has 1 unspecified atom stereocenters. The van der Waals surface area contributed by atoms with Crippen LogP contribution in [0.15, 0.2) is 0 Å². The SMILES string of the molecule is CCCC1(C(=O)NCCCC(=O)OCC)CCNC1. The molecule has 1 amide bonds. The lowest BCUT2D eigenvalue weighted by Gasteiger charge is -2.26. The molecule has 1 heterocycles. The Morgan fingerprint density at radius 1 is 1.37 bits per heavy atom. The zero-order valence-corrected chi connectivity index (χ0v) is 12.1. The largest absolute Gasteiger partial charge is 0.466 e. The van der Waals surface area contributed by atoms with Crippen LogP contribution in [0.25, 0.3) is 0 Å². The Morgan fingerprint density at radius 2 is 2.16 bits per heavy atom. The maximum Gasteiger partial charge on any atom is 0.305 e. The van der Waals surface area contributed by atoms with Crippen molar-refractivity contribution in [2.24, 2.45) is 5.41 Å². The standard InChI is InChI=1S/C14H26N2O3/c1-3-7-14(8-10-15-11-14)13(18)16-9-5-6-12(17)19-4-2/h15H,3-11H2,1-2H3,(H,16,18). The van der Waals surface area contributed by atoms with Crippen molar-refractivity contribution in [1.29, 1.82) is 0 Å². The van der Waals surface area contributed by atoms with E-state index in [4.69, 9.17) is 4.74 Å². The molecule has 1 rings (SSSR count). The normalized spacial score (nSPS) is 22.2. The summed E-state index contributed by atoms with van der Waals surface area (Å²) in [6, 6.07) is 0. The highest BCUT2D eigenvalue weighted by molar-refractivity contribution is 5.83. The minimum absolute atomic E-state index is 0.128. The maximum atomic E-state index is 12.3. The minimum atomic E-state index is -0.237. The summed E-state index contributed by atoms with van der Waals surface area (Å²) in [5, 5.41) is 6.23. The van der Waals surface area contributed by atoms with Gasteiger partial charge in [-0.05, 0) is 32.7 Å². The van der Waals surface area contributed by atoms with Crippen LogP contribution in [0.2, 0.25) is 0 Å². The first-order valence-electron chi connectivity index (χ1n) is 7.29. The zero-order valence-electron chi connectivity index (χ0n) is 12.1. The number of ether oxygens (including phenoxy) is 1.